The predicted octanol–water partition coefficient (Wildman–Crippen LogP) is 0.656. The molecule has 0 bridgehead atoms. The van der Waals surface area contributed by atoms with E-state index in [4.69, 9.17) is 9.63 Å². The minimum atomic E-state index is -3.52. The number of carboxylic acids is 1. The topological polar surface area (TPSA) is 110 Å². The smallest absolute Gasteiger partial charge is 0.306 e. The normalized spacial score (nSPS) is 23.6. The zero-order valence-electron chi connectivity index (χ0n) is 10.5. The number of aromatic nitrogens is 1. The van der Waals surface area contributed by atoms with Crippen LogP contribution in [0.1, 0.15) is 30.7 Å². The Balaban J connectivity index is 1.93. The van der Waals surface area contributed by atoms with Gasteiger partial charge < -0.3 is 9.63 Å². The van der Waals surface area contributed by atoms with E-state index in [-0.39, 0.29) is 11.8 Å². The zero-order chi connectivity index (χ0) is 14.0. The van der Waals surface area contributed by atoms with E-state index >= 15 is 0 Å². The summed E-state index contributed by atoms with van der Waals surface area (Å²) in [6, 6.07) is 1.26. The third-order valence-electron chi connectivity index (χ3n) is 3.14. The van der Waals surface area contributed by atoms with E-state index in [9.17, 15) is 13.2 Å². The molecule has 0 saturated heterocycles. The van der Waals surface area contributed by atoms with Crippen molar-refractivity contribution in [1.29, 1.82) is 0 Å². The van der Waals surface area contributed by atoms with Crippen LogP contribution in [-0.4, -0.2) is 30.7 Å². The van der Waals surface area contributed by atoms with Crippen molar-refractivity contribution < 1.29 is 22.8 Å². The third kappa shape index (κ3) is 3.77. The molecule has 19 heavy (non-hydrogen) atoms. The molecule has 106 valence electrons. The van der Waals surface area contributed by atoms with Crippen LogP contribution < -0.4 is 4.72 Å². The van der Waals surface area contributed by atoms with Gasteiger partial charge in [0.15, 0.2) is 0 Å². The van der Waals surface area contributed by atoms with E-state index in [1.807, 2.05) is 0 Å². The van der Waals surface area contributed by atoms with Gasteiger partial charge in [-0.15, -0.1) is 0 Å². The fraction of sp³-hybridized carbons (Fsp3) is 0.636. The van der Waals surface area contributed by atoms with Crippen molar-refractivity contribution in [2.45, 2.75) is 38.0 Å². The maximum absolute atomic E-state index is 11.9. The van der Waals surface area contributed by atoms with Gasteiger partial charge in [0.25, 0.3) is 0 Å². The van der Waals surface area contributed by atoms with Crippen LogP contribution in [0.25, 0.3) is 0 Å². The van der Waals surface area contributed by atoms with Crippen LogP contribution in [-0.2, 0) is 20.6 Å². The Morgan fingerprint density at radius 1 is 1.58 bits per heavy atom. The summed E-state index contributed by atoms with van der Waals surface area (Å²) in [4.78, 5) is 10.8. The third-order valence-corrected chi connectivity index (χ3v) is 4.51. The molecule has 7 nitrogen and oxygen atoms in total. The second kappa shape index (κ2) is 5.30. The molecule has 0 aromatic carbocycles. The van der Waals surface area contributed by atoms with Gasteiger partial charge in [0.1, 0.15) is 17.2 Å². The highest BCUT2D eigenvalue weighted by atomic mass is 32.2. The predicted molar refractivity (Wildman–Crippen MR) is 65.8 cm³/mol. The van der Waals surface area contributed by atoms with Gasteiger partial charge in [-0.05, 0) is 26.2 Å². The summed E-state index contributed by atoms with van der Waals surface area (Å²) >= 11 is 0. The highest BCUT2D eigenvalue weighted by Crippen LogP contribution is 2.26. The molecule has 8 heteroatoms. The van der Waals surface area contributed by atoms with Crippen LogP contribution >= 0.6 is 0 Å². The van der Waals surface area contributed by atoms with Crippen LogP contribution in [0.4, 0.5) is 0 Å². The molecule has 0 radical (unpaired) electrons. The van der Waals surface area contributed by atoms with Gasteiger partial charge in [-0.2, -0.15) is 0 Å². The maximum Gasteiger partial charge on any atom is 0.306 e. The van der Waals surface area contributed by atoms with E-state index in [1.54, 1.807) is 13.0 Å². The monoisotopic (exact) mass is 288 g/mol. The van der Waals surface area contributed by atoms with E-state index in [0.29, 0.717) is 30.7 Å². The van der Waals surface area contributed by atoms with Crippen molar-refractivity contribution in [3.05, 3.63) is 17.5 Å². The number of hydrogen-bond acceptors (Lipinski definition) is 5. The number of sulfonamides is 1. The minimum absolute atomic E-state index is 0.251. The Kier molecular flexibility index (Phi) is 3.91. The Bertz CT molecular complexity index is 565. The van der Waals surface area contributed by atoms with Crippen LogP contribution in [0, 0.1) is 12.8 Å². The fourth-order valence-electron chi connectivity index (χ4n) is 2.29. The molecule has 0 spiro atoms. The number of aryl methyl sites for hydroxylation is 1. The first kappa shape index (κ1) is 14.0. The SMILES string of the molecule is Cc1cc(CS(=O)(=O)NC2CCC(C(=O)O)C2)no1. The lowest BCUT2D eigenvalue weighted by atomic mass is 10.1. The quantitative estimate of drug-likeness (QED) is 0.823. The van der Waals surface area contributed by atoms with Crippen molar-refractivity contribution in [1.82, 2.24) is 9.88 Å². The molecule has 1 aliphatic carbocycles. The Labute approximate surface area is 111 Å². The summed E-state index contributed by atoms with van der Waals surface area (Å²) in [5.41, 5.74) is 0.345. The molecule has 0 amide bonds. The van der Waals surface area contributed by atoms with Crippen molar-refractivity contribution >= 4 is 16.0 Å². The van der Waals surface area contributed by atoms with Crippen LogP contribution in [0.5, 0.6) is 0 Å². The molecular formula is C11H16N2O5S. The average Bonchev–Trinajstić information content (AvgIpc) is 2.87. The van der Waals surface area contributed by atoms with Crippen molar-refractivity contribution in [2.24, 2.45) is 5.92 Å². The maximum atomic E-state index is 11.9. The standard InChI is InChI=1S/C11H16N2O5S/c1-7-4-10(12-18-7)6-19(16,17)13-9-3-2-8(5-9)11(14)15/h4,8-9,13H,2-3,5-6H2,1H3,(H,14,15). The number of carbonyl (C=O) groups is 1. The van der Waals surface area contributed by atoms with E-state index in [2.05, 4.69) is 9.88 Å². The molecule has 2 rings (SSSR count). The summed E-state index contributed by atoms with van der Waals surface area (Å²) < 4.78 is 31.1. The van der Waals surface area contributed by atoms with Gasteiger partial charge in [-0.3, -0.25) is 4.79 Å². The Morgan fingerprint density at radius 2 is 2.32 bits per heavy atom. The second-order valence-corrected chi connectivity index (χ2v) is 6.60. The van der Waals surface area contributed by atoms with E-state index < -0.39 is 21.9 Å². The summed E-state index contributed by atoms with van der Waals surface area (Å²) in [5.74, 6) is -1.02. The molecule has 1 aromatic heterocycles. The molecule has 1 aromatic rings. The molecule has 1 saturated carbocycles. The second-order valence-electron chi connectivity index (χ2n) is 4.85. The largest absolute Gasteiger partial charge is 0.481 e. The van der Waals surface area contributed by atoms with Crippen molar-refractivity contribution in [3.63, 3.8) is 0 Å². The van der Waals surface area contributed by atoms with E-state index in [0.717, 1.165) is 0 Å². The summed E-state index contributed by atoms with van der Waals surface area (Å²) in [6.07, 6.45) is 1.39. The first-order chi connectivity index (χ1) is 8.85. The first-order valence-electron chi connectivity index (χ1n) is 6.01. The van der Waals surface area contributed by atoms with Crippen LogP contribution in [0.2, 0.25) is 0 Å². The fourth-order valence-corrected chi connectivity index (χ4v) is 3.62. The highest BCUT2D eigenvalue weighted by Gasteiger charge is 2.32. The number of nitrogens with zero attached hydrogens (tertiary/aromatic N) is 1. The molecular weight excluding hydrogens is 272 g/mol. The van der Waals surface area contributed by atoms with Crippen molar-refractivity contribution in [2.75, 3.05) is 0 Å². The molecule has 1 fully saturated rings. The van der Waals surface area contributed by atoms with Gasteiger partial charge in [0, 0.05) is 12.1 Å². The van der Waals surface area contributed by atoms with Gasteiger partial charge in [0.05, 0.1) is 5.92 Å². The zero-order valence-corrected chi connectivity index (χ0v) is 11.3. The van der Waals surface area contributed by atoms with Gasteiger partial charge in [-0.1, -0.05) is 5.16 Å². The molecule has 2 unspecified atom stereocenters. The summed E-state index contributed by atoms with van der Waals surface area (Å²) in [6.45, 7) is 1.69. The van der Waals surface area contributed by atoms with Gasteiger partial charge in [0.2, 0.25) is 10.0 Å². The lowest BCUT2D eigenvalue weighted by Gasteiger charge is -2.11. The van der Waals surface area contributed by atoms with Gasteiger partial charge in [-0.25, -0.2) is 13.1 Å². The Morgan fingerprint density at radius 3 is 2.84 bits per heavy atom. The number of carboxylic acid groups (broad SMARTS) is 1. The number of rotatable bonds is 5. The number of nitrogens with one attached hydrogen (secondary N) is 1. The Hall–Kier alpha value is -1.41. The lowest BCUT2D eigenvalue weighted by Crippen LogP contribution is -2.34. The van der Waals surface area contributed by atoms with Gasteiger partial charge >= 0.3 is 5.97 Å². The van der Waals surface area contributed by atoms with Crippen LogP contribution in [0.15, 0.2) is 10.6 Å². The highest BCUT2D eigenvalue weighted by molar-refractivity contribution is 7.88. The number of aliphatic carboxylic acids is 1. The first-order valence-corrected chi connectivity index (χ1v) is 7.66. The minimum Gasteiger partial charge on any atom is -0.481 e. The average molecular weight is 288 g/mol. The molecule has 2 N–H and O–H groups in total. The summed E-state index contributed by atoms with van der Waals surface area (Å²) in [5, 5.41) is 12.5. The van der Waals surface area contributed by atoms with Crippen LogP contribution in [0.3, 0.4) is 0 Å². The number of hydrogen-bond donors (Lipinski definition) is 2. The molecule has 1 aliphatic rings. The molecule has 1 heterocycles. The summed E-state index contributed by atoms with van der Waals surface area (Å²) in [7, 11) is -3.52. The lowest BCUT2D eigenvalue weighted by molar-refractivity contribution is -0.141. The van der Waals surface area contributed by atoms with E-state index in [1.165, 1.54) is 0 Å². The molecule has 2 atom stereocenters. The molecule has 0 aliphatic heterocycles. The van der Waals surface area contributed by atoms with Crippen molar-refractivity contribution in [3.8, 4) is 0 Å².